The van der Waals surface area contributed by atoms with E-state index < -0.39 is 0 Å². The van der Waals surface area contributed by atoms with Gasteiger partial charge in [0.2, 0.25) is 0 Å². The molecule has 2 aliphatic rings. The summed E-state index contributed by atoms with van der Waals surface area (Å²) in [6, 6.07) is 8.13. The third-order valence-corrected chi connectivity index (χ3v) is 5.43. The summed E-state index contributed by atoms with van der Waals surface area (Å²) in [6.45, 7) is 9.37. The number of urea groups is 1. The zero-order valence-electron chi connectivity index (χ0n) is 17.6. The van der Waals surface area contributed by atoms with E-state index in [-0.39, 0.29) is 6.03 Å². The van der Waals surface area contributed by atoms with Crippen molar-refractivity contribution in [2.24, 2.45) is 10.9 Å². The fraction of sp³-hybridized carbons (Fsp3) is 0.545. The van der Waals surface area contributed by atoms with E-state index in [2.05, 4.69) is 35.3 Å². The molecule has 6 nitrogen and oxygen atoms in total. The number of benzene rings is 1. The topological polar surface area (TPSA) is 51.2 Å². The molecule has 6 heteroatoms. The van der Waals surface area contributed by atoms with Gasteiger partial charge in [-0.15, -0.1) is 0 Å². The van der Waals surface area contributed by atoms with E-state index >= 15 is 0 Å². The van der Waals surface area contributed by atoms with Crippen LogP contribution in [0.15, 0.2) is 41.0 Å². The normalized spacial score (nSPS) is 21.8. The Morgan fingerprint density at radius 2 is 1.82 bits per heavy atom. The first kappa shape index (κ1) is 20.4. The minimum Gasteiger partial charge on any atom is -0.361 e. The van der Waals surface area contributed by atoms with Gasteiger partial charge in [0.25, 0.3) is 0 Å². The van der Waals surface area contributed by atoms with Crippen LogP contribution in [-0.4, -0.2) is 68.4 Å². The van der Waals surface area contributed by atoms with Crippen LogP contribution < -0.4 is 10.2 Å². The fourth-order valence-corrected chi connectivity index (χ4v) is 3.86. The van der Waals surface area contributed by atoms with Gasteiger partial charge in [-0.3, -0.25) is 9.89 Å². The molecule has 0 spiro atoms. The molecule has 0 unspecified atom stereocenters. The number of likely N-dealkylation sites (tertiary alicyclic amines) is 1. The maximum absolute atomic E-state index is 12.1. The highest BCUT2D eigenvalue weighted by molar-refractivity contribution is 6.00. The molecule has 2 amide bonds. The number of carbonyl (C=O) groups is 1. The van der Waals surface area contributed by atoms with Gasteiger partial charge in [-0.25, -0.2) is 4.79 Å². The zero-order valence-corrected chi connectivity index (χ0v) is 17.6. The molecule has 2 heterocycles. The Balaban J connectivity index is 1.64. The molecular formula is C22H33N5O. The smallest absolute Gasteiger partial charge is 0.324 e. The first-order valence-electron chi connectivity index (χ1n) is 10.2. The van der Waals surface area contributed by atoms with Crippen LogP contribution in [0.4, 0.5) is 16.2 Å². The third kappa shape index (κ3) is 4.93. The molecule has 1 aromatic carbocycles. The second-order valence-electron chi connectivity index (χ2n) is 8.08. The Morgan fingerprint density at radius 1 is 1.11 bits per heavy atom. The van der Waals surface area contributed by atoms with E-state index in [1.54, 1.807) is 4.90 Å². The van der Waals surface area contributed by atoms with E-state index in [9.17, 15) is 4.79 Å². The summed E-state index contributed by atoms with van der Waals surface area (Å²) in [5, 5.41) is 3.42. The second kappa shape index (κ2) is 9.24. The maximum Gasteiger partial charge on any atom is 0.324 e. The van der Waals surface area contributed by atoms with Gasteiger partial charge < -0.3 is 15.1 Å². The number of anilines is 2. The molecular weight excluding hydrogens is 350 g/mol. The average molecular weight is 384 g/mol. The number of aliphatic imine (C=N–C) groups is 1. The van der Waals surface area contributed by atoms with Crippen LogP contribution in [0.1, 0.15) is 26.7 Å². The lowest BCUT2D eigenvalue weighted by Gasteiger charge is -2.21. The Hall–Kier alpha value is -2.34. The Kier molecular flexibility index (Phi) is 6.73. The van der Waals surface area contributed by atoms with Gasteiger partial charge >= 0.3 is 6.03 Å². The van der Waals surface area contributed by atoms with E-state index in [4.69, 9.17) is 0 Å². The van der Waals surface area contributed by atoms with Crippen LogP contribution in [0.5, 0.6) is 0 Å². The lowest BCUT2D eigenvalue weighted by Crippen LogP contribution is -2.29. The van der Waals surface area contributed by atoms with Crippen LogP contribution in [0.2, 0.25) is 0 Å². The Labute approximate surface area is 168 Å². The summed E-state index contributed by atoms with van der Waals surface area (Å²) in [6.07, 6.45) is 4.12. The van der Waals surface area contributed by atoms with Gasteiger partial charge in [0.05, 0.1) is 0 Å². The fourth-order valence-electron chi connectivity index (χ4n) is 3.86. The summed E-state index contributed by atoms with van der Waals surface area (Å²) in [4.78, 5) is 22.8. The van der Waals surface area contributed by atoms with Crippen LogP contribution >= 0.6 is 0 Å². The highest BCUT2D eigenvalue weighted by atomic mass is 16.2. The molecule has 1 aromatic rings. The van der Waals surface area contributed by atoms with Gasteiger partial charge in [-0.05, 0) is 42.2 Å². The van der Waals surface area contributed by atoms with Crippen LogP contribution in [0.3, 0.4) is 0 Å². The summed E-state index contributed by atoms with van der Waals surface area (Å²) >= 11 is 0. The number of carbonyl (C=O) groups excluding carboxylic acids is 1. The van der Waals surface area contributed by atoms with Crippen molar-refractivity contribution in [1.29, 1.82) is 0 Å². The molecule has 1 N–H and O–H groups in total. The molecule has 0 saturated carbocycles. The molecule has 2 fully saturated rings. The van der Waals surface area contributed by atoms with E-state index in [0.29, 0.717) is 5.92 Å². The molecule has 2 aliphatic heterocycles. The van der Waals surface area contributed by atoms with Gasteiger partial charge in [0, 0.05) is 76.5 Å². The molecule has 2 saturated heterocycles. The summed E-state index contributed by atoms with van der Waals surface area (Å²) in [5.41, 5.74) is 4.45. The summed E-state index contributed by atoms with van der Waals surface area (Å²) < 4.78 is 0. The summed E-state index contributed by atoms with van der Waals surface area (Å²) in [7, 11) is 3.73. The number of rotatable bonds is 5. The molecule has 0 atom stereocenters. The molecule has 28 heavy (non-hydrogen) atoms. The molecule has 0 aliphatic carbocycles. The first-order valence-corrected chi connectivity index (χ1v) is 10.2. The number of amides is 2. The van der Waals surface area contributed by atoms with Crippen molar-refractivity contribution in [3.05, 3.63) is 36.0 Å². The molecule has 152 valence electrons. The molecule has 0 bridgehead atoms. The minimum absolute atomic E-state index is 0.0658. The highest BCUT2D eigenvalue weighted by Gasteiger charge is 2.26. The number of hydrogen-bond donors (Lipinski definition) is 1. The number of likely N-dealkylation sites (N-methyl/N-ethyl adjacent to an activating group) is 1. The Morgan fingerprint density at radius 3 is 2.43 bits per heavy atom. The predicted octanol–water partition coefficient (Wildman–Crippen LogP) is 3.68. The molecule has 0 radical (unpaired) electrons. The zero-order chi connectivity index (χ0) is 20.1. The van der Waals surface area contributed by atoms with Crippen LogP contribution in [0.25, 0.3) is 0 Å². The van der Waals surface area contributed by atoms with Crippen molar-refractivity contribution in [3.8, 4) is 0 Å². The molecule has 0 aromatic heterocycles. The van der Waals surface area contributed by atoms with Gasteiger partial charge in [0.1, 0.15) is 0 Å². The highest BCUT2D eigenvalue weighted by Crippen LogP contribution is 2.22. The minimum atomic E-state index is 0.0658. The quantitative estimate of drug-likeness (QED) is 0.844. The number of nitrogens with one attached hydrogen (secondary N) is 1. The van der Waals surface area contributed by atoms with Gasteiger partial charge in [-0.1, -0.05) is 13.8 Å². The SMILES string of the molecule is C/N=C1/CCN(CC(C)C)CC/C1=C/Nc1ccc(N2CCN(C)C2=O)cc1. The van der Waals surface area contributed by atoms with Crippen molar-refractivity contribution in [2.75, 3.05) is 57.0 Å². The number of nitrogens with zero attached hydrogens (tertiary/aromatic N) is 4. The summed E-state index contributed by atoms with van der Waals surface area (Å²) in [5.74, 6) is 0.687. The van der Waals surface area contributed by atoms with Crippen molar-refractivity contribution in [2.45, 2.75) is 26.7 Å². The lowest BCUT2D eigenvalue weighted by atomic mass is 10.1. The monoisotopic (exact) mass is 383 g/mol. The third-order valence-electron chi connectivity index (χ3n) is 5.43. The van der Waals surface area contributed by atoms with E-state index in [0.717, 1.165) is 56.9 Å². The van der Waals surface area contributed by atoms with Crippen LogP contribution in [-0.2, 0) is 0 Å². The van der Waals surface area contributed by atoms with Crippen LogP contribution in [0, 0.1) is 5.92 Å². The first-order chi connectivity index (χ1) is 13.5. The number of hydrogen-bond acceptors (Lipinski definition) is 4. The predicted molar refractivity (Wildman–Crippen MR) is 117 cm³/mol. The Bertz CT molecular complexity index is 738. The maximum atomic E-state index is 12.1. The molecule has 3 rings (SSSR count). The largest absolute Gasteiger partial charge is 0.361 e. The van der Waals surface area contributed by atoms with E-state index in [1.807, 2.05) is 43.3 Å². The van der Waals surface area contributed by atoms with Crippen molar-refractivity contribution >= 4 is 23.1 Å². The van der Waals surface area contributed by atoms with E-state index in [1.165, 1.54) is 11.3 Å². The standard InChI is InChI=1S/C22H33N5O/c1-17(2)16-26-11-9-18(21(23-3)10-12-26)15-24-19-5-7-20(8-6-19)27-14-13-25(4)22(27)28/h5-8,15,17,24H,9-14,16H2,1-4H3/b18-15-,23-21-. The van der Waals surface area contributed by atoms with Crippen molar-refractivity contribution in [1.82, 2.24) is 9.80 Å². The van der Waals surface area contributed by atoms with Gasteiger partial charge in [-0.2, -0.15) is 0 Å². The van der Waals surface area contributed by atoms with Crippen molar-refractivity contribution in [3.63, 3.8) is 0 Å². The van der Waals surface area contributed by atoms with Gasteiger partial charge in [0.15, 0.2) is 0 Å². The second-order valence-corrected chi connectivity index (χ2v) is 8.08. The lowest BCUT2D eigenvalue weighted by molar-refractivity contribution is 0.229. The van der Waals surface area contributed by atoms with Crippen molar-refractivity contribution < 1.29 is 4.79 Å². The average Bonchev–Trinajstić information content (AvgIpc) is 2.89.